The summed E-state index contributed by atoms with van der Waals surface area (Å²) in [6.45, 7) is 0.795. The van der Waals surface area contributed by atoms with Crippen LogP contribution < -0.4 is 5.73 Å². The van der Waals surface area contributed by atoms with Gasteiger partial charge in [-0.25, -0.2) is 4.98 Å². The van der Waals surface area contributed by atoms with Gasteiger partial charge in [-0.2, -0.15) is 8.78 Å². The zero-order chi connectivity index (χ0) is 11.8. The Morgan fingerprint density at radius 3 is 2.75 bits per heavy atom. The normalized spacial score (nSPS) is 11.7. The van der Waals surface area contributed by atoms with Crippen molar-refractivity contribution in [2.75, 3.05) is 5.73 Å². The molecule has 0 spiro atoms. The fraction of sp³-hybridized carbons (Fsp3) is 0.200. The van der Waals surface area contributed by atoms with Crippen molar-refractivity contribution in [1.29, 1.82) is 0 Å². The van der Waals surface area contributed by atoms with Crippen LogP contribution in [0.25, 0.3) is 5.69 Å². The molecule has 0 saturated carbocycles. The van der Waals surface area contributed by atoms with E-state index in [0.717, 1.165) is 6.92 Å². The molecule has 6 heteroatoms. The number of nitrogens with zero attached hydrogens (tertiary/aromatic N) is 3. The highest BCUT2D eigenvalue weighted by Gasteiger charge is 2.30. The first-order chi connectivity index (χ1) is 7.50. The summed E-state index contributed by atoms with van der Waals surface area (Å²) < 4.78 is 27.7. The predicted molar refractivity (Wildman–Crippen MR) is 55.3 cm³/mol. The Morgan fingerprint density at radius 1 is 1.38 bits per heavy atom. The summed E-state index contributed by atoms with van der Waals surface area (Å²) in [6.07, 6.45) is 5.65. The Labute approximate surface area is 90.7 Å². The Hall–Kier alpha value is -1.98. The van der Waals surface area contributed by atoms with Crippen molar-refractivity contribution in [1.82, 2.24) is 14.5 Å². The third kappa shape index (κ3) is 1.73. The Bertz CT molecular complexity index is 502. The molecule has 0 aromatic carbocycles. The molecule has 0 atom stereocenters. The van der Waals surface area contributed by atoms with E-state index in [1.54, 1.807) is 6.07 Å². The highest BCUT2D eigenvalue weighted by atomic mass is 19.3. The maximum atomic E-state index is 13.2. The number of nitrogens with two attached hydrogens (primary N) is 1. The van der Waals surface area contributed by atoms with Gasteiger partial charge in [0.2, 0.25) is 0 Å². The minimum atomic E-state index is -3.01. The molecule has 0 aliphatic rings. The van der Waals surface area contributed by atoms with Gasteiger partial charge >= 0.3 is 5.92 Å². The number of halogens is 2. The first-order valence-corrected chi connectivity index (χ1v) is 4.61. The summed E-state index contributed by atoms with van der Waals surface area (Å²) in [6, 6.07) is 1.56. The smallest absolute Gasteiger partial charge is 0.302 e. The molecule has 0 unspecified atom stereocenters. The number of pyridine rings is 1. The van der Waals surface area contributed by atoms with Crippen LogP contribution in [0.4, 0.5) is 14.5 Å². The van der Waals surface area contributed by atoms with E-state index in [1.165, 1.54) is 29.4 Å². The van der Waals surface area contributed by atoms with Crippen molar-refractivity contribution in [3.8, 4) is 5.69 Å². The summed E-state index contributed by atoms with van der Waals surface area (Å²) in [5, 5.41) is 0. The zero-order valence-electron chi connectivity index (χ0n) is 8.56. The van der Waals surface area contributed by atoms with Crippen molar-refractivity contribution in [2.24, 2.45) is 0 Å². The van der Waals surface area contributed by atoms with Crippen LogP contribution in [0.5, 0.6) is 0 Å². The van der Waals surface area contributed by atoms with E-state index in [2.05, 4.69) is 9.97 Å². The third-order valence-electron chi connectivity index (χ3n) is 2.12. The largest absolute Gasteiger partial charge is 0.396 e. The van der Waals surface area contributed by atoms with Crippen LogP contribution in [0.15, 0.2) is 30.9 Å². The number of nitrogen functional groups attached to an aromatic ring is 1. The average molecular weight is 224 g/mol. The molecular formula is C10H10F2N4. The monoisotopic (exact) mass is 224 g/mol. The van der Waals surface area contributed by atoms with Gasteiger partial charge in [0.25, 0.3) is 0 Å². The summed E-state index contributed by atoms with van der Waals surface area (Å²) >= 11 is 0. The maximum absolute atomic E-state index is 13.2. The van der Waals surface area contributed by atoms with Crippen molar-refractivity contribution in [3.63, 3.8) is 0 Å². The standard InChI is InChI=1S/C10H10F2N4/c1-10(11,12)9-15-4-5-16(9)8-2-3-14-6-7(8)13/h2-6H,13H2,1H3. The molecule has 0 amide bonds. The zero-order valence-corrected chi connectivity index (χ0v) is 8.56. The second-order valence-electron chi connectivity index (χ2n) is 3.44. The third-order valence-corrected chi connectivity index (χ3v) is 2.12. The SMILES string of the molecule is CC(F)(F)c1nccn1-c1ccncc1N. The Balaban J connectivity index is 2.58. The number of alkyl halides is 2. The number of hydrogen-bond donors (Lipinski definition) is 1. The fourth-order valence-corrected chi connectivity index (χ4v) is 1.44. The van der Waals surface area contributed by atoms with E-state index in [4.69, 9.17) is 5.73 Å². The van der Waals surface area contributed by atoms with E-state index in [0.29, 0.717) is 11.4 Å². The average Bonchev–Trinajstić information content (AvgIpc) is 2.66. The summed E-state index contributed by atoms with van der Waals surface area (Å²) in [7, 11) is 0. The number of anilines is 1. The molecule has 2 aromatic rings. The molecule has 0 fully saturated rings. The van der Waals surface area contributed by atoms with E-state index in [9.17, 15) is 8.78 Å². The van der Waals surface area contributed by atoms with E-state index >= 15 is 0 Å². The highest BCUT2D eigenvalue weighted by molar-refractivity contribution is 5.56. The fourth-order valence-electron chi connectivity index (χ4n) is 1.44. The van der Waals surface area contributed by atoms with Crippen molar-refractivity contribution in [2.45, 2.75) is 12.8 Å². The van der Waals surface area contributed by atoms with Gasteiger partial charge in [-0.3, -0.25) is 9.55 Å². The van der Waals surface area contributed by atoms with Crippen molar-refractivity contribution < 1.29 is 8.78 Å². The molecule has 2 aromatic heterocycles. The number of aromatic nitrogens is 3. The molecule has 0 bridgehead atoms. The van der Waals surface area contributed by atoms with Gasteiger partial charge in [-0.1, -0.05) is 0 Å². The molecule has 84 valence electrons. The second kappa shape index (κ2) is 3.55. The number of imidazole rings is 1. The van der Waals surface area contributed by atoms with Crippen LogP contribution in [-0.4, -0.2) is 14.5 Å². The summed E-state index contributed by atoms with van der Waals surface area (Å²) in [4.78, 5) is 7.44. The van der Waals surface area contributed by atoms with Crippen LogP contribution in [0, 0.1) is 0 Å². The van der Waals surface area contributed by atoms with Gasteiger partial charge in [0.1, 0.15) is 0 Å². The number of hydrogen-bond acceptors (Lipinski definition) is 3. The molecule has 2 rings (SSSR count). The van der Waals surface area contributed by atoms with Crippen molar-refractivity contribution >= 4 is 5.69 Å². The lowest BCUT2D eigenvalue weighted by Crippen LogP contribution is -2.15. The van der Waals surface area contributed by atoms with Crippen LogP contribution in [0.3, 0.4) is 0 Å². The van der Waals surface area contributed by atoms with Gasteiger partial charge in [0, 0.05) is 25.5 Å². The van der Waals surface area contributed by atoms with E-state index in [1.807, 2.05) is 0 Å². The minimum Gasteiger partial charge on any atom is -0.396 e. The van der Waals surface area contributed by atoms with Gasteiger partial charge in [-0.05, 0) is 6.07 Å². The quantitative estimate of drug-likeness (QED) is 0.848. The van der Waals surface area contributed by atoms with Crippen molar-refractivity contribution in [3.05, 3.63) is 36.7 Å². The first kappa shape index (κ1) is 10.5. The second-order valence-corrected chi connectivity index (χ2v) is 3.44. The molecule has 0 aliphatic heterocycles. The van der Waals surface area contributed by atoms with Gasteiger partial charge in [-0.15, -0.1) is 0 Å². The summed E-state index contributed by atoms with van der Waals surface area (Å²) in [5.41, 5.74) is 6.44. The topological polar surface area (TPSA) is 56.7 Å². The predicted octanol–water partition coefficient (Wildman–Crippen LogP) is 1.96. The maximum Gasteiger partial charge on any atom is 0.302 e. The highest BCUT2D eigenvalue weighted by Crippen LogP contribution is 2.28. The first-order valence-electron chi connectivity index (χ1n) is 4.61. The molecule has 0 aliphatic carbocycles. The molecule has 2 N–H and O–H groups in total. The van der Waals surface area contributed by atoms with Gasteiger partial charge in [0.15, 0.2) is 5.82 Å². The number of rotatable bonds is 2. The van der Waals surface area contributed by atoms with Crippen LogP contribution in [0.1, 0.15) is 12.7 Å². The molecule has 2 heterocycles. The lowest BCUT2D eigenvalue weighted by Gasteiger charge is -2.14. The van der Waals surface area contributed by atoms with E-state index < -0.39 is 5.92 Å². The molecule has 4 nitrogen and oxygen atoms in total. The Kier molecular flexibility index (Phi) is 2.34. The minimum absolute atomic E-state index is 0.325. The Morgan fingerprint density at radius 2 is 2.12 bits per heavy atom. The lowest BCUT2D eigenvalue weighted by molar-refractivity contribution is 0.00633. The van der Waals surface area contributed by atoms with E-state index in [-0.39, 0.29) is 5.82 Å². The lowest BCUT2D eigenvalue weighted by atomic mass is 10.3. The van der Waals surface area contributed by atoms with Gasteiger partial charge < -0.3 is 5.73 Å². The summed E-state index contributed by atoms with van der Waals surface area (Å²) in [5.74, 6) is -3.36. The van der Waals surface area contributed by atoms with Crippen LogP contribution in [0.2, 0.25) is 0 Å². The molecule has 0 saturated heterocycles. The van der Waals surface area contributed by atoms with Gasteiger partial charge in [0.05, 0.1) is 17.6 Å². The molecule has 16 heavy (non-hydrogen) atoms. The molecule has 0 radical (unpaired) electrons. The van der Waals surface area contributed by atoms with Crippen LogP contribution in [-0.2, 0) is 5.92 Å². The van der Waals surface area contributed by atoms with Crippen LogP contribution >= 0.6 is 0 Å². The molecular weight excluding hydrogens is 214 g/mol.